The van der Waals surface area contributed by atoms with Gasteiger partial charge >= 0.3 is 6.03 Å². The van der Waals surface area contributed by atoms with E-state index in [9.17, 15) is 9.90 Å². The van der Waals surface area contributed by atoms with E-state index in [0.717, 1.165) is 38.8 Å². The number of aromatic nitrogens is 2. The second kappa shape index (κ2) is 8.88. The molecule has 23 heavy (non-hydrogen) atoms. The number of hydrogen-bond acceptors (Lipinski definition) is 4. The van der Waals surface area contributed by atoms with Gasteiger partial charge in [0.1, 0.15) is 0 Å². The molecule has 3 N–H and O–H groups in total. The first-order valence-electron chi connectivity index (χ1n) is 8.44. The van der Waals surface area contributed by atoms with E-state index in [1.54, 1.807) is 6.20 Å². The van der Waals surface area contributed by atoms with Crippen molar-refractivity contribution in [2.24, 2.45) is 5.92 Å². The molecule has 7 nitrogen and oxygen atoms in total. The molecule has 1 fully saturated rings. The van der Waals surface area contributed by atoms with Crippen LogP contribution in [0.25, 0.3) is 0 Å². The van der Waals surface area contributed by atoms with Gasteiger partial charge in [-0.25, -0.2) is 4.79 Å². The molecule has 7 heteroatoms. The number of aliphatic hydroxyl groups excluding tert-OH is 1. The molecule has 0 saturated heterocycles. The van der Waals surface area contributed by atoms with Crippen molar-refractivity contribution in [2.75, 3.05) is 32.6 Å². The van der Waals surface area contributed by atoms with Gasteiger partial charge < -0.3 is 20.6 Å². The fraction of sp³-hybridized carbons (Fsp3) is 0.750. The third kappa shape index (κ3) is 5.84. The van der Waals surface area contributed by atoms with Gasteiger partial charge in [-0.15, -0.1) is 0 Å². The van der Waals surface area contributed by atoms with Gasteiger partial charge in [0.2, 0.25) is 0 Å². The topological polar surface area (TPSA) is 82.4 Å². The fourth-order valence-corrected chi connectivity index (χ4v) is 2.98. The van der Waals surface area contributed by atoms with Crippen LogP contribution >= 0.6 is 0 Å². The van der Waals surface area contributed by atoms with E-state index in [1.165, 1.54) is 6.42 Å². The smallest absolute Gasteiger partial charge is 0.319 e. The molecule has 130 valence electrons. The normalized spacial score (nSPS) is 21.9. The van der Waals surface area contributed by atoms with E-state index in [2.05, 4.69) is 20.6 Å². The van der Waals surface area contributed by atoms with E-state index in [-0.39, 0.29) is 24.6 Å². The van der Waals surface area contributed by atoms with Crippen LogP contribution in [0.15, 0.2) is 12.4 Å². The van der Waals surface area contributed by atoms with Crippen LogP contribution < -0.4 is 10.6 Å². The van der Waals surface area contributed by atoms with Crippen LogP contribution in [0.2, 0.25) is 0 Å². The molecule has 2 atom stereocenters. The highest BCUT2D eigenvalue weighted by Crippen LogP contribution is 2.23. The maximum absolute atomic E-state index is 12.2. The Balaban J connectivity index is 1.83. The number of rotatable bonds is 6. The Morgan fingerprint density at radius 2 is 2.17 bits per heavy atom. The summed E-state index contributed by atoms with van der Waals surface area (Å²) in [5.74, 6) is 0.158. The van der Waals surface area contributed by atoms with E-state index in [0.29, 0.717) is 5.69 Å². The number of likely N-dealkylation sites (N-methyl/N-ethyl adjacent to an activating group) is 1. The zero-order chi connectivity index (χ0) is 16.7. The summed E-state index contributed by atoms with van der Waals surface area (Å²) in [6, 6.07) is -0.172. The number of urea groups is 1. The van der Waals surface area contributed by atoms with Crippen LogP contribution in [0.1, 0.15) is 32.1 Å². The van der Waals surface area contributed by atoms with Crippen molar-refractivity contribution >= 4 is 11.7 Å². The number of nitrogens with one attached hydrogen (secondary N) is 2. The number of amides is 2. The molecule has 0 spiro atoms. The van der Waals surface area contributed by atoms with Crippen LogP contribution in [0.5, 0.6) is 0 Å². The van der Waals surface area contributed by atoms with Crippen molar-refractivity contribution in [3.63, 3.8) is 0 Å². The predicted octanol–water partition coefficient (Wildman–Crippen LogP) is 1.51. The molecular weight excluding hydrogens is 294 g/mol. The summed E-state index contributed by atoms with van der Waals surface area (Å²) >= 11 is 0. The van der Waals surface area contributed by atoms with Crippen molar-refractivity contribution < 1.29 is 9.90 Å². The van der Waals surface area contributed by atoms with Crippen LogP contribution in [0.3, 0.4) is 0 Å². The van der Waals surface area contributed by atoms with E-state index >= 15 is 0 Å². The Kier molecular flexibility index (Phi) is 6.85. The summed E-state index contributed by atoms with van der Waals surface area (Å²) in [6.07, 6.45) is 8.80. The molecule has 0 aromatic carbocycles. The molecule has 1 aromatic heterocycles. The van der Waals surface area contributed by atoms with Crippen LogP contribution in [0, 0.1) is 5.92 Å². The van der Waals surface area contributed by atoms with E-state index in [4.69, 9.17) is 0 Å². The predicted molar refractivity (Wildman–Crippen MR) is 90.4 cm³/mol. The van der Waals surface area contributed by atoms with Crippen molar-refractivity contribution in [2.45, 2.75) is 44.7 Å². The molecular formula is C16H29N5O2. The van der Waals surface area contributed by atoms with Crippen LogP contribution in [0.4, 0.5) is 10.5 Å². The first-order chi connectivity index (χ1) is 11.1. The average Bonchev–Trinajstić information content (AvgIpc) is 2.83. The lowest BCUT2D eigenvalue weighted by Gasteiger charge is -2.24. The largest absolute Gasteiger partial charge is 0.396 e. The minimum atomic E-state index is -0.220. The summed E-state index contributed by atoms with van der Waals surface area (Å²) in [4.78, 5) is 14.3. The quantitative estimate of drug-likeness (QED) is 0.693. The number of aliphatic hydroxyl groups is 1. The second-order valence-corrected chi connectivity index (χ2v) is 6.58. The average molecular weight is 323 g/mol. The van der Waals surface area contributed by atoms with Crippen molar-refractivity contribution in [3.8, 4) is 0 Å². The first kappa shape index (κ1) is 17.7. The molecule has 1 aliphatic rings. The molecule has 1 aromatic rings. The molecule has 1 aliphatic carbocycles. The summed E-state index contributed by atoms with van der Waals surface area (Å²) in [6.45, 7) is 1.81. The Hall–Kier alpha value is -1.60. The van der Waals surface area contributed by atoms with Gasteiger partial charge in [0, 0.05) is 31.3 Å². The first-order valence-corrected chi connectivity index (χ1v) is 8.44. The number of hydrogen-bond donors (Lipinski definition) is 3. The zero-order valence-electron chi connectivity index (χ0n) is 14.2. The number of carbonyl (C=O) groups is 1. The minimum absolute atomic E-state index is 0.0475. The van der Waals surface area contributed by atoms with Gasteiger partial charge in [0.25, 0.3) is 0 Å². The molecule has 1 saturated carbocycles. The maximum Gasteiger partial charge on any atom is 0.319 e. The van der Waals surface area contributed by atoms with Crippen LogP contribution in [-0.4, -0.2) is 59.1 Å². The molecule has 0 bridgehead atoms. The standard InChI is InChI=1S/C16H29N5O2/c1-20(2)8-9-21-11-14(10-17-21)18-16(23)19-15-7-5-3-4-6-13(15)12-22/h10-11,13,15,22H,3-9,12H2,1-2H3,(H2,18,19,23). The Morgan fingerprint density at radius 1 is 1.39 bits per heavy atom. The van der Waals surface area contributed by atoms with E-state index in [1.807, 2.05) is 25.0 Å². The SMILES string of the molecule is CN(C)CCn1cc(NC(=O)NC2CCCCCC2CO)cn1. The second-order valence-electron chi connectivity index (χ2n) is 6.58. The van der Waals surface area contributed by atoms with Gasteiger partial charge in [-0.1, -0.05) is 19.3 Å². The highest BCUT2D eigenvalue weighted by molar-refractivity contribution is 5.89. The summed E-state index contributed by atoms with van der Waals surface area (Å²) in [5, 5.41) is 19.6. The van der Waals surface area contributed by atoms with Gasteiger partial charge in [-0.2, -0.15) is 5.10 Å². The van der Waals surface area contributed by atoms with Crippen LogP contribution in [-0.2, 0) is 6.54 Å². The van der Waals surface area contributed by atoms with Gasteiger partial charge in [0.15, 0.2) is 0 Å². The van der Waals surface area contributed by atoms with Gasteiger partial charge in [-0.05, 0) is 26.9 Å². The third-order valence-corrected chi connectivity index (χ3v) is 4.38. The molecule has 2 rings (SSSR count). The molecule has 2 amide bonds. The Labute approximate surface area is 138 Å². The Morgan fingerprint density at radius 3 is 2.91 bits per heavy atom. The van der Waals surface area contributed by atoms with Crippen molar-refractivity contribution in [1.29, 1.82) is 0 Å². The van der Waals surface area contributed by atoms with Gasteiger partial charge in [-0.3, -0.25) is 4.68 Å². The highest BCUT2D eigenvalue weighted by Gasteiger charge is 2.24. The summed E-state index contributed by atoms with van der Waals surface area (Å²) in [7, 11) is 4.03. The van der Waals surface area contributed by atoms with E-state index < -0.39 is 0 Å². The lowest BCUT2D eigenvalue weighted by molar-refractivity contribution is 0.182. The summed E-state index contributed by atoms with van der Waals surface area (Å²) < 4.78 is 1.82. The monoisotopic (exact) mass is 323 g/mol. The molecule has 0 aliphatic heterocycles. The minimum Gasteiger partial charge on any atom is -0.396 e. The number of carbonyl (C=O) groups excluding carboxylic acids is 1. The molecule has 1 heterocycles. The molecule has 0 radical (unpaired) electrons. The van der Waals surface area contributed by atoms with Crippen molar-refractivity contribution in [1.82, 2.24) is 20.0 Å². The fourth-order valence-electron chi connectivity index (χ4n) is 2.98. The number of anilines is 1. The lowest BCUT2D eigenvalue weighted by atomic mass is 9.96. The maximum atomic E-state index is 12.2. The highest BCUT2D eigenvalue weighted by atomic mass is 16.3. The summed E-state index contributed by atoms with van der Waals surface area (Å²) in [5.41, 5.74) is 0.690. The zero-order valence-corrected chi connectivity index (χ0v) is 14.2. The lowest BCUT2D eigenvalue weighted by Crippen LogP contribution is -2.43. The third-order valence-electron chi connectivity index (χ3n) is 4.38. The van der Waals surface area contributed by atoms with Crippen molar-refractivity contribution in [3.05, 3.63) is 12.4 Å². The number of nitrogens with zero attached hydrogens (tertiary/aromatic N) is 3. The Bertz CT molecular complexity index is 489. The molecule has 2 unspecified atom stereocenters. The van der Waals surface area contributed by atoms with Gasteiger partial charge in [0.05, 0.1) is 18.4 Å².